The molecule has 27 heavy (non-hydrogen) atoms. The van der Waals surface area contributed by atoms with Gasteiger partial charge in [0.25, 0.3) is 0 Å². The Morgan fingerprint density at radius 2 is 1.78 bits per heavy atom. The van der Waals surface area contributed by atoms with Crippen molar-refractivity contribution >= 4 is 11.6 Å². The number of hydrogen-bond acceptors (Lipinski definition) is 4. The fourth-order valence-corrected chi connectivity index (χ4v) is 2.73. The minimum Gasteiger partial charge on any atom is -0.507 e. The number of rotatable bonds is 4. The van der Waals surface area contributed by atoms with E-state index in [4.69, 9.17) is 20.9 Å². The predicted octanol–water partition coefficient (Wildman–Crippen LogP) is 6.17. The Labute approximate surface area is 158 Å². The van der Waals surface area contributed by atoms with Gasteiger partial charge in [-0.2, -0.15) is 13.2 Å². The molecule has 0 aliphatic heterocycles. The molecular weight excluding hydrogens is 383 g/mol. The molecule has 0 saturated carbocycles. The van der Waals surface area contributed by atoms with Gasteiger partial charge in [0, 0.05) is 11.1 Å². The van der Waals surface area contributed by atoms with Crippen LogP contribution in [0.1, 0.15) is 19.5 Å². The Morgan fingerprint density at radius 3 is 2.33 bits per heavy atom. The molecule has 0 spiro atoms. The van der Waals surface area contributed by atoms with Gasteiger partial charge in [0.2, 0.25) is 0 Å². The van der Waals surface area contributed by atoms with Crippen molar-refractivity contribution in [2.24, 2.45) is 0 Å². The molecule has 0 atom stereocenters. The molecule has 1 heterocycles. The number of ether oxygens (including phenoxy) is 1. The molecule has 0 aliphatic rings. The Hall–Kier alpha value is -2.67. The molecule has 0 amide bonds. The van der Waals surface area contributed by atoms with Gasteiger partial charge < -0.3 is 14.4 Å². The lowest BCUT2D eigenvalue weighted by Crippen LogP contribution is -2.07. The lowest BCUT2D eigenvalue weighted by atomic mass is 9.98. The second-order valence-corrected chi connectivity index (χ2v) is 6.52. The van der Waals surface area contributed by atoms with E-state index < -0.39 is 11.9 Å². The topological polar surface area (TPSA) is 55.5 Å². The Bertz CT molecular complexity index is 950. The van der Waals surface area contributed by atoms with Gasteiger partial charge in [0.15, 0.2) is 11.5 Å². The normalized spacial score (nSPS) is 11.8. The summed E-state index contributed by atoms with van der Waals surface area (Å²) in [6, 6.07) is 10.1. The third-order valence-corrected chi connectivity index (χ3v) is 3.93. The van der Waals surface area contributed by atoms with E-state index in [-0.39, 0.29) is 34.3 Å². The number of phenols is 1. The summed E-state index contributed by atoms with van der Waals surface area (Å²) in [5, 5.41) is 13.9. The van der Waals surface area contributed by atoms with Crippen LogP contribution < -0.4 is 4.74 Å². The van der Waals surface area contributed by atoms with E-state index in [1.807, 2.05) is 13.8 Å². The van der Waals surface area contributed by atoms with Crippen molar-refractivity contribution in [3.8, 4) is 33.9 Å². The maximum Gasteiger partial charge on any atom is 0.437 e. The highest BCUT2D eigenvalue weighted by Crippen LogP contribution is 2.45. The molecule has 3 rings (SSSR count). The lowest BCUT2D eigenvalue weighted by Gasteiger charge is -2.12. The Balaban J connectivity index is 2.16. The minimum absolute atomic E-state index is 0.0686. The van der Waals surface area contributed by atoms with Crippen LogP contribution in [0, 0.1) is 0 Å². The summed E-state index contributed by atoms with van der Waals surface area (Å²) < 4.78 is 50.7. The molecular formula is C19H15ClF3NO3. The SMILES string of the molecule is CC(C)Oc1ccc(-c2onc(C(F)(F)F)c2-c2ccc(Cl)cc2)c(O)c1. The van der Waals surface area contributed by atoms with E-state index in [2.05, 4.69) is 5.16 Å². The third kappa shape index (κ3) is 4.03. The van der Waals surface area contributed by atoms with Crippen LogP contribution in [-0.2, 0) is 6.18 Å². The van der Waals surface area contributed by atoms with Crippen LogP contribution >= 0.6 is 11.6 Å². The van der Waals surface area contributed by atoms with Crippen LogP contribution in [0.5, 0.6) is 11.5 Å². The molecule has 0 radical (unpaired) electrons. The standard InChI is InChI=1S/C19H15ClF3NO3/c1-10(2)26-13-7-8-14(15(25)9-13)17-16(11-3-5-12(20)6-4-11)18(24-27-17)19(21,22)23/h3-10,25H,1-2H3. The van der Waals surface area contributed by atoms with Crippen LogP contribution in [-0.4, -0.2) is 16.4 Å². The first-order valence-electron chi connectivity index (χ1n) is 7.99. The molecule has 0 bridgehead atoms. The van der Waals surface area contributed by atoms with E-state index in [0.717, 1.165) is 0 Å². The van der Waals surface area contributed by atoms with E-state index in [1.165, 1.54) is 42.5 Å². The zero-order valence-corrected chi connectivity index (χ0v) is 15.1. The molecule has 8 heteroatoms. The van der Waals surface area contributed by atoms with E-state index in [1.54, 1.807) is 0 Å². The van der Waals surface area contributed by atoms with Gasteiger partial charge in [-0.3, -0.25) is 0 Å². The molecule has 0 saturated heterocycles. The van der Waals surface area contributed by atoms with Crippen LogP contribution in [0.3, 0.4) is 0 Å². The summed E-state index contributed by atoms with van der Waals surface area (Å²) in [4.78, 5) is 0. The molecule has 0 aliphatic carbocycles. The van der Waals surface area contributed by atoms with Crippen molar-refractivity contribution in [2.45, 2.75) is 26.1 Å². The molecule has 1 N–H and O–H groups in total. The van der Waals surface area contributed by atoms with Crippen molar-refractivity contribution in [3.63, 3.8) is 0 Å². The van der Waals surface area contributed by atoms with Gasteiger partial charge >= 0.3 is 6.18 Å². The number of hydrogen-bond donors (Lipinski definition) is 1. The van der Waals surface area contributed by atoms with Crippen LogP contribution in [0.25, 0.3) is 22.5 Å². The van der Waals surface area contributed by atoms with Crippen LogP contribution in [0.2, 0.25) is 5.02 Å². The third-order valence-electron chi connectivity index (χ3n) is 3.68. The van der Waals surface area contributed by atoms with E-state index in [9.17, 15) is 18.3 Å². The first kappa shape index (κ1) is 19.1. The van der Waals surface area contributed by atoms with Gasteiger partial charge in [0.1, 0.15) is 11.5 Å². The van der Waals surface area contributed by atoms with Crippen molar-refractivity contribution in [1.29, 1.82) is 0 Å². The fourth-order valence-electron chi connectivity index (χ4n) is 2.60. The lowest BCUT2D eigenvalue weighted by molar-refractivity contribution is -0.142. The van der Waals surface area contributed by atoms with Gasteiger partial charge in [-0.05, 0) is 43.7 Å². The number of aromatic hydroxyl groups is 1. The molecule has 1 aromatic heterocycles. The number of halogens is 4. The summed E-state index contributed by atoms with van der Waals surface area (Å²) in [5.41, 5.74) is -1.17. The van der Waals surface area contributed by atoms with Gasteiger partial charge in [-0.25, -0.2) is 0 Å². The fraction of sp³-hybridized carbons (Fsp3) is 0.211. The first-order chi connectivity index (χ1) is 12.7. The quantitative estimate of drug-likeness (QED) is 0.571. The highest BCUT2D eigenvalue weighted by Gasteiger charge is 2.40. The molecule has 4 nitrogen and oxygen atoms in total. The molecule has 0 unspecified atom stereocenters. The zero-order chi connectivity index (χ0) is 19.8. The Kier molecular flexibility index (Phi) is 5.06. The van der Waals surface area contributed by atoms with Crippen molar-refractivity contribution in [2.75, 3.05) is 0 Å². The summed E-state index contributed by atoms with van der Waals surface area (Å²) in [6.45, 7) is 3.63. The highest BCUT2D eigenvalue weighted by molar-refractivity contribution is 6.30. The second-order valence-electron chi connectivity index (χ2n) is 6.09. The second kappa shape index (κ2) is 7.15. The minimum atomic E-state index is -4.73. The average molecular weight is 398 g/mol. The van der Waals surface area contributed by atoms with E-state index in [0.29, 0.717) is 10.8 Å². The van der Waals surface area contributed by atoms with E-state index >= 15 is 0 Å². The summed E-state index contributed by atoms with van der Waals surface area (Å²) in [6.07, 6.45) is -4.85. The predicted molar refractivity (Wildman–Crippen MR) is 94.8 cm³/mol. The highest BCUT2D eigenvalue weighted by atomic mass is 35.5. The molecule has 3 aromatic rings. The largest absolute Gasteiger partial charge is 0.507 e. The number of phenolic OH excluding ortho intramolecular Hbond substituents is 1. The maximum atomic E-state index is 13.4. The van der Waals surface area contributed by atoms with Gasteiger partial charge in [0.05, 0.1) is 17.2 Å². The van der Waals surface area contributed by atoms with Gasteiger partial charge in [-0.15, -0.1) is 0 Å². The smallest absolute Gasteiger partial charge is 0.437 e. The molecule has 0 fully saturated rings. The first-order valence-corrected chi connectivity index (χ1v) is 8.37. The maximum absolute atomic E-state index is 13.4. The average Bonchev–Trinajstić information content (AvgIpc) is 3.00. The zero-order valence-electron chi connectivity index (χ0n) is 14.3. The summed E-state index contributed by atoms with van der Waals surface area (Å²) in [5.74, 6) is -0.0960. The van der Waals surface area contributed by atoms with Crippen molar-refractivity contribution in [3.05, 3.63) is 53.2 Å². The monoisotopic (exact) mass is 397 g/mol. The van der Waals surface area contributed by atoms with Crippen LogP contribution in [0.15, 0.2) is 47.0 Å². The Morgan fingerprint density at radius 1 is 1.11 bits per heavy atom. The van der Waals surface area contributed by atoms with Crippen molar-refractivity contribution < 1.29 is 27.5 Å². The summed E-state index contributed by atoms with van der Waals surface area (Å²) >= 11 is 5.83. The molecule has 2 aromatic carbocycles. The number of nitrogens with zero attached hydrogens (tertiary/aromatic N) is 1. The van der Waals surface area contributed by atoms with Gasteiger partial charge in [-0.1, -0.05) is 28.9 Å². The summed E-state index contributed by atoms with van der Waals surface area (Å²) in [7, 11) is 0. The number of aromatic nitrogens is 1. The van der Waals surface area contributed by atoms with Crippen LogP contribution in [0.4, 0.5) is 13.2 Å². The molecule has 142 valence electrons. The number of benzene rings is 2. The number of alkyl halides is 3. The van der Waals surface area contributed by atoms with Crippen molar-refractivity contribution in [1.82, 2.24) is 5.16 Å².